The van der Waals surface area contributed by atoms with Crippen LogP contribution in [0.4, 0.5) is 0 Å². The van der Waals surface area contributed by atoms with E-state index in [1.807, 2.05) is 0 Å². The quantitative estimate of drug-likeness (QED) is 0.186. The average molecular weight is 274 g/mol. The molecule has 0 radical (unpaired) electrons. The maximum absolute atomic E-state index is 11.5. The molecule has 0 heterocycles. The molecule has 7 heteroatoms. The molecule has 0 aliphatic heterocycles. The highest BCUT2D eigenvalue weighted by Crippen LogP contribution is 2.10. The first-order valence-electron chi connectivity index (χ1n) is 5.17. The van der Waals surface area contributed by atoms with Crippen LogP contribution < -0.4 is 28.9 Å². The Hall–Kier alpha value is -1.95. The van der Waals surface area contributed by atoms with Gasteiger partial charge in [0.2, 0.25) is 0 Å². The van der Waals surface area contributed by atoms with Gasteiger partial charge in [-0.1, -0.05) is 0 Å². The Bertz CT molecular complexity index is 402. The second-order valence-corrected chi connectivity index (χ2v) is 3.42. The summed E-state index contributed by atoms with van der Waals surface area (Å²) in [6, 6.07) is 5.87. The Morgan fingerprint density at radius 3 is 2.44 bits per heavy atom. The number of ether oxygens (including phenoxy) is 1. The minimum atomic E-state index is -0.422. The van der Waals surface area contributed by atoms with Crippen molar-refractivity contribution in [1.29, 1.82) is 0 Å². The van der Waals surface area contributed by atoms with E-state index < -0.39 is 5.97 Å². The molecule has 6 N–H and O–H groups in total. The largest absolute Gasteiger partial charge is 1.00 e. The number of phenols is 1. The van der Waals surface area contributed by atoms with Crippen LogP contribution in [0.2, 0.25) is 0 Å². The minimum absolute atomic E-state index is 0. The van der Waals surface area contributed by atoms with E-state index in [0.29, 0.717) is 18.5 Å². The molecule has 6 nitrogen and oxygen atoms in total. The molecule has 100 valence electrons. The number of esters is 1. The fourth-order valence-electron chi connectivity index (χ4n) is 1.15. The second kappa shape index (κ2) is 8.19. The van der Waals surface area contributed by atoms with E-state index in [9.17, 15) is 4.79 Å². The molecule has 0 spiro atoms. The van der Waals surface area contributed by atoms with E-state index in [4.69, 9.17) is 21.3 Å². The standard InChI is InChI=1S/C11H15N3O3.ClH/c12-11(13)14-6-1-7-17-10(16)8-2-4-9(15)5-3-8;/h2-5,15H,1,6-7H2,(H4,12,13,14);1H. The number of carbonyl (C=O) groups is 1. The summed E-state index contributed by atoms with van der Waals surface area (Å²) in [7, 11) is 0. The molecule has 18 heavy (non-hydrogen) atoms. The van der Waals surface area contributed by atoms with E-state index in [0.717, 1.165) is 0 Å². The Morgan fingerprint density at radius 1 is 1.28 bits per heavy atom. The Kier molecular flexibility index (Phi) is 7.30. The van der Waals surface area contributed by atoms with Crippen molar-refractivity contribution in [3.05, 3.63) is 29.8 Å². The summed E-state index contributed by atoms with van der Waals surface area (Å²) in [5, 5.41) is 9.05. The number of rotatable bonds is 5. The molecule has 1 aromatic rings. The molecule has 0 saturated carbocycles. The molecule has 0 bridgehead atoms. The van der Waals surface area contributed by atoms with Crippen LogP contribution in [-0.2, 0) is 4.74 Å². The van der Waals surface area contributed by atoms with Gasteiger partial charge < -0.3 is 22.3 Å². The maximum atomic E-state index is 11.5. The summed E-state index contributed by atoms with van der Waals surface area (Å²) < 4.78 is 5.00. The summed E-state index contributed by atoms with van der Waals surface area (Å²) in [4.78, 5) is 14.2. The fraction of sp³-hybridized carbons (Fsp3) is 0.273. The Morgan fingerprint density at radius 2 is 1.89 bits per heavy atom. The first kappa shape index (κ1) is 16.1. The predicted molar refractivity (Wildman–Crippen MR) is 62.2 cm³/mol. The van der Waals surface area contributed by atoms with E-state index in [-0.39, 0.29) is 30.7 Å². The zero-order valence-electron chi connectivity index (χ0n) is 9.73. The number of benzene rings is 1. The smallest absolute Gasteiger partial charge is 0.338 e. The van der Waals surface area contributed by atoms with Gasteiger partial charge in [0.1, 0.15) is 5.75 Å². The monoisotopic (exact) mass is 273 g/mol. The SMILES string of the molecule is NC(N)=[NH+]CCCOC(=O)c1ccc(O)cc1.[Cl-]. The highest BCUT2D eigenvalue weighted by Gasteiger charge is 2.06. The molecule has 1 rings (SSSR count). The number of phenolic OH excluding ortho intramolecular Hbond substituents is 1. The number of hydrogen-bond donors (Lipinski definition) is 4. The zero-order chi connectivity index (χ0) is 12.7. The van der Waals surface area contributed by atoms with Crippen molar-refractivity contribution in [3.8, 4) is 5.75 Å². The van der Waals surface area contributed by atoms with Gasteiger partial charge in [-0.2, -0.15) is 0 Å². The van der Waals surface area contributed by atoms with Crippen LogP contribution in [0.15, 0.2) is 24.3 Å². The van der Waals surface area contributed by atoms with Crippen molar-refractivity contribution in [1.82, 2.24) is 0 Å². The molecule has 0 amide bonds. The van der Waals surface area contributed by atoms with Gasteiger partial charge in [0.25, 0.3) is 0 Å². The normalized spacial score (nSPS) is 9.11. The van der Waals surface area contributed by atoms with Crippen LogP contribution in [0.25, 0.3) is 0 Å². The predicted octanol–water partition coefficient (Wildman–Crippen LogP) is -4.70. The molecule has 0 fully saturated rings. The maximum Gasteiger partial charge on any atom is 0.338 e. The Labute approximate surface area is 111 Å². The highest BCUT2D eigenvalue weighted by atomic mass is 35.5. The zero-order valence-corrected chi connectivity index (χ0v) is 10.5. The average Bonchev–Trinajstić information content (AvgIpc) is 2.29. The summed E-state index contributed by atoms with van der Waals surface area (Å²) in [5.74, 6) is -0.163. The first-order chi connectivity index (χ1) is 8.09. The van der Waals surface area contributed by atoms with Crippen LogP contribution >= 0.6 is 0 Å². The van der Waals surface area contributed by atoms with Crippen molar-refractivity contribution < 1.29 is 32.0 Å². The van der Waals surface area contributed by atoms with Crippen molar-refractivity contribution in [2.45, 2.75) is 6.42 Å². The van der Waals surface area contributed by atoms with Crippen molar-refractivity contribution >= 4 is 11.9 Å². The number of nitrogens with one attached hydrogen (secondary N) is 1. The molecule has 0 atom stereocenters. The van der Waals surface area contributed by atoms with E-state index >= 15 is 0 Å². The lowest BCUT2D eigenvalue weighted by atomic mass is 10.2. The van der Waals surface area contributed by atoms with Crippen molar-refractivity contribution in [2.75, 3.05) is 13.2 Å². The molecule has 0 unspecified atom stereocenters. The second-order valence-electron chi connectivity index (χ2n) is 3.42. The Balaban J connectivity index is 0.00000289. The van der Waals surface area contributed by atoms with Crippen molar-refractivity contribution in [2.24, 2.45) is 11.5 Å². The van der Waals surface area contributed by atoms with Gasteiger partial charge in [0.15, 0.2) is 0 Å². The summed E-state index contributed by atoms with van der Waals surface area (Å²) in [6.07, 6.45) is 0.613. The summed E-state index contributed by atoms with van der Waals surface area (Å²) >= 11 is 0. The molecule has 0 aliphatic carbocycles. The van der Waals surface area contributed by atoms with E-state index in [1.54, 1.807) is 0 Å². The van der Waals surface area contributed by atoms with Crippen LogP contribution in [0, 0.1) is 0 Å². The minimum Gasteiger partial charge on any atom is -1.00 e. The number of hydrogen-bond acceptors (Lipinski definition) is 3. The lowest BCUT2D eigenvalue weighted by molar-refractivity contribution is -0.460. The van der Waals surface area contributed by atoms with Gasteiger partial charge in [-0.05, 0) is 24.3 Å². The topological polar surface area (TPSA) is 113 Å². The third kappa shape index (κ3) is 5.95. The van der Waals surface area contributed by atoms with E-state index in [2.05, 4.69) is 4.99 Å². The molecular weight excluding hydrogens is 258 g/mol. The van der Waals surface area contributed by atoms with E-state index in [1.165, 1.54) is 24.3 Å². The van der Waals surface area contributed by atoms with Gasteiger partial charge >= 0.3 is 11.9 Å². The van der Waals surface area contributed by atoms with Crippen LogP contribution in [0.5, 0.6) is 5.75 Å². The number of halogens is 1. The van der Waals surface area contributed by atoms with Crippen LogP contribution in [0.3, 0.4) is 0 Å². The lowest BCUT2D eigenvalue weighted by Crippen LogP contribution is -3.00. The van der Waals surface area contributed by atoms with Gasteiger partial charge in [0, 0.05) is 6.42 Å². The van der Waals surface area contributed by atoms with Crippen LogP contribution in [-0.4, -0.2) is 30.2 Å². The molecule has 0 saturated heterocycles. The highest BCUT2D eigenvalue weighted by molar-refractivity contribution is 5.89. The number of nitrogens with two attached hydrogens (primary N) is 2. The number of carbonyl (C=O) groups excluding carboxylic acids is 1. The third-order valence-electron chi connectivity index (χ3n) is 1.99. The van der Waals surface area contributed by atoms with Gasteiger partial charge in [-0.15, -0.1) is 0 Å². The number of guanidine groups is 1. The number of aromatic hydroxyl groups is 1. The van der Waals surface area contributed by atoms with Crippen molar-refractivity contribution in [3.63, 3.8) is 0 Å². The first-order valence-corrected chi connectivity index (χ1v) is 5.17. The van der Waals surface area contributed by atoms with Gasteiger partial charge in [-0.3, -0.25) is 16.5 Å². The summed E-state index contributed by atoms with van der Waals surface area (Å²) in [6.45, 7) is 0.825. The molecule has 0 aromatic heterocycles. The third-order valence-corrected chi connectivity index (χ3v) is 1.99. The van der Waals surface area contributed by atoms with Gasteiger partial charge in [-0.25, -0.2) is 4.79 Å². The summed E-state index contributed by atoms with van der Waals surface area (Å²) in [5.41, 5.74) is 10.8. The molecule has 0 aliphatic rings. The lowest BCUT2D eigenvalue weighted by Gasteiger charge is -2.03. The fourth-order valence-corrected chi connectivity index (χ4v) is 1.15. The van der Waals surface area contributed by atoms with Gasteiger partial charge in [0.05, 0.1) is 18.7 Å². The molecule has 1 aromatic carbocycles. The van der Waals surface area contributed by atoms with Crippen LogP contribution in [0.1, 0.15) is 16.8 Å². The molecular formula is C11H16ClN3O3.